The highest BCUT2D eigenvalue weighted by molar-refractivity contribution is 6.30. The minimum Gasteiger partial charge on any atom is -0.338 e. The van der Waals surface area contributed by atoms with Gasteiger partial charge in [-0.05, 0) is 47.5 Å². The monoisotopic (exact) mass is 387 g/mol. The number of nitrogens with zero attached hydrogens (tertiary/aromatic N) is 3. The number of pyridine rings is 1. The van der Waals surface area contributed by atoms with E-state index in [0.29, 0.717) is 11.6 Å². The van der Waals surface area contributed by atoms with Crippen LogP contribution in [-0.4, -0.2) is 22.0 Å². The van der Waals surface area contributed by atoms with Crippen molar-refractivity contribution in [2.75, 3.05) is 0 Å². The molecule has 2 aromatic carbocycles. The summed E-state index contributed by atoms with van der Waals surface area (Å²) in [5, 5.41) is 0.685. The number of hydrogen-bond acceptors (Lipinski definition) is 4. The molecule has 0 saturated heterocycles. The van der Waals surface area contributed by atoms with Crippen molar-refractivity contribution in [1.82, 2.24) is 9.88 Å². The van der Waals surface area contributed by atoms with E-state index in [1.807, 2.05) is 77.7 Å². The van der Waals surface area contributed by atoms with E-state index in [2.05, 4.69) is 4.98 Å². The van der Waals surface area contributed by atoms with E-state index in [0.717, 1.165) is 34.5 Å². The molecule has 0 radical (unpaired) electrons. The third-order valence-electron chi connectivity index (χ3n) is 4.62. The van der Waals surface area contributed by atoms with Crippen LogP contribution in [0, 0.1) is 0 Å². The molecule has 1 unspecified atom stereocenters. The fourth-order valence-electron chi connectivity index (χ4n) is 3.23. The largest absolute Gasteiger partial charge is 0.338 e. The molecule has 1 aliphatic heterocycles. The van der Waals surface area contributed by atoms with Gasteiger partial charge in [-0.3, -0.25) is 4.98 Å². The normalized spacial score (nSPS) is 16.0. The SMILES string of the molecule is O=CC1c2ccccc2N=C(/C=C/c2cccnc2)N1Cc1ccc(Cl)cc1. The number of carbonyl (C=O) groups excluding carboxylic acids is 1. The van der Waals surface area contributed by atoms with Gasteiger partial charge in [-0.15, -0.1) is 0 Å². The van der Waals surface area contributed by atoms with Gasteiger partial charge in [-0.25, -0.2) is 4.99 Å². The molecule has 0 aliphatic carbocycles. The van der Waals surface area contributed by atoms with Crippen molar-refractivity contribution in [1.29, 1.82) is 0 Å². The average Bonchev–Trinajstić information content (AvgIpc) is 2.74. The van der Waals surface area contributed by atoms with Gasteiger partial charge in [0.05, 0.1) is 5.69 Å². The summed E-state index contributed by atoms with van der Waals surface area (Å²) in [7, 11) is 0. The Morgan fingerprint density at radius 3 is 2.57 bits per heavy atom. The van der Waals surface area contributed by atoms with Gasteiger partial charge in [0.25, 0.3) is 0 Å². The lowest BCUT2D eigenvalue weighted by Crippen LogP contribution is -2.36. The number of aromatic nitrogens is 1. The topological polar surface area (TPSA) is 45.6 Å². The summed E-state index contributed by atoms with van der Waals surface area (Å²) in [4.78, 5) is 23.0. The number of aliphatic imine (C=N–C) groups is 1. The van der Waals surface area contributed by atoms with Gasteiger partial charge in [-0.1, -0.05) is 48.0 Å². The van der Waals surface area contributed by atoms with Crippen molar-refractivity contribution in [2.24, 2.45) is 4.99 Å². The van der Waals surface area contributed by atoms with Gasteiger partial charge in [0.2, 0.25) is 0 Å². The first-order valence-corrected chi connectivity index (χ1v) is 9.34. The summed E-state index contributed by atoms with van der Waals surface area (Å²) < 4.78 is 0. The molecule has 2 heterocycles. The molecule has 0 N–H and O–H groups in total. The second-order valence-corrected chi connectivity index (χ2v) is 6.92. The molecular formula is C23H18ClN3O. The standard InChI is InChI=1S/C23H18ClN3O/c24-19-10-7-18(8-11-19)15-27-22(16-28)20-5-1-2-6-21(20)26-23(27)12-9-17-4-3-13-25-14-17/h1-14,16,22H,15H2/b12-9+. The van der Waals surface area contributed by atoms with Crippen LogP contribution in [0.25, 0.3) is 6.08 Å². The zero-order chi connectivity index (χ0) is 19.3. The van der Waals surface area contributed by atoms with Crippen LogP contribution in [0.5, 0.6) is 0 Å². The van der Waals surface area contributed by atoms with E-state index in [1.165, 1.54) is 0 Å². The van der Waals surface area contributed by atoms with Crippen molar-refractivity contribution < 1.29 is 4.79 Å². The van der Waals surface area contributed by atoms with Gasteiger partial charge in [0, 0.05) is 29.5 Å². The molecule has 1 aromatic heterocycles. The lowest BCUT2D eigenvalue weighted by molar-refractivity contribution is -0.111. The van der Waals surface area contributed by atoms with Crippen molar-refractivity contribution in [3.63, 3.8) is 0 Å². The van der Waals surface area contributed by atoms with Crippen LogP contribution in [0.2, 0.25) is 5.02 Å². The lowest BCUT2D eigenvalue weighted by atomic mass is 10.0. The highest BCUT2D eigenvalue weighted by atomic mass is 35.5. The zero-order valence-electron chi connectivity index (χ0n) is 15.1. The predicted octanol–water partition coefficient (Wildman–Crippen LogP) is 5.23. The first-order valence-electron chi connectivity index (χ1n) is 8.97. The molecule has 0 amide bonds. The highest BCUT2D eigenvalue weighted by Crippen LogP contribution is 2.35. The molecule has 0 fully saturated rings. The van der Waals surface area contributed by atoms with E-state index < -0.39 is 6.04 Å². The molecule has 1 aliphatic rings. The summed E-state index contributed by atoms with van der Waals surface area (Å²) in [5.74, 6) is 0.731. The molecule has 1 atom stereocenters. The quantitative estimate of drug-likeness (QED) is 0.563. The van der Waals surface area contributed by atoms with E-state index >= 15 is 0 Å². The third-order valence-corrected chi connectivity index (χ3v) is 4.88. The number of amidine groups is 1. The van der Waals surface area contributed by atoms with E-state index in [9.17, 15) is 4.79 Å². The summed E-state index contributed by atoms with van der Waals surface area (Å²) in [5.41, 5.74) is 3.75. The fourth-order valence-corrected chi connectivity index (χ4v) is 3.35. The summed E-state index contributed by atoms with van der Waals surface area (Å²) in [6.45, 7) is 0.547. The third kappa shape index (κ3) is 3.87. The first kappa shape index (κ1) is 18.1. The molecule has 4 rings (SSSR count). The molecule has 138 valence electrons. The molecule has 0 saturated carbocycles. The van der Waals surface area contributed by atoms with Crippen LogP contribution < -0.4 is 0 Å². The van der Waals surface area contributed by atoms with Gasteiger partial charge in [0.15, 0.2) is 0 Å². The molecule has 5 heteroatoms. The number of para-hydroxylation sites is 1. The Balaban J connectivity index is 1.73. The van der Waals surface area contributed by atoms with Crippen molar-refractivity contribution in [2.45, 2.75) is 12.6 Å². The maximum atomic E-state index is 12.0. The average molecular weight is 388 g/mol. The van der Waals surface area contributed by atoms with Crippen molar-refractivity contribution >= 4 is 35.5 Å². The fraction of sp³-hybridized carbons (Fsp3) is 0.0870. The molecule has 3 aromatic rings. The zero-order valence-corrected chi connectivity index (χ0v) is 15.8. The molecule has 4 nitrogen and oxygen atoms in total. The Labute approximate surface area is 168 Å². The summed E-state index contributed by atoms with van der Waals surface area (Å²) >= 11 is 6.01. The molecule has 28 heavy (non-hydrogen) atoms. The van der Waals surface area contributed by atoms with Crippen LogP contribution in [0.15, 0.2) is 84.1 Å². The van der Waals surface area contributed by atoms with Crippen LogP contribution in [0.3, 0.4) is 0 Å². The minimum atomic E-state index is -0.405. The van der Waals surface area contributed by atoms with Crippen molar-refractivity contribution in [3.8, 4) is 0 Å². The van der Waals surface area contributed by atoms with Gasteiger partial charge in [0.1, 0.15) is 18.2 Å². The van der Waals surface area contributed by atoms with Crippen LogP contribution in [-0.2, 0) is 11.3 Å². The summed E-state index contributed by atoms with van der Waals surface area (Å²) in [6.07, 6.45) is 8.38. The Bertz CT molecular complexity index is 1030. The number of carbonyl (C=O) groups is 1. The number of fused-ring (bicyclic) bond motifs is 1. The Morgan fingerprint density at radius 1 is 1.00 bits per heavy atom. The second kappa shape index (κ2) is 8.19. The molecular weight excluding hydrogens is 370 g/mol. The maximum absolute atomic E-state index is 12.0. The van der Waals surface area contributed by atoms with E-state index in [4.69, 9.17) is 16.6 Å². The summed E-state index contributed by atoms with van der Waals surface area (Å²) in [6, 6.07) is 18.8. The Kier molecular flexibility index (Phi) is 5.31. The molecule has 0 spiro atoms. The van der Waals surface area contributed by atoms with Gasteiger partial charge < -0.3 is 9.69 Å². The van der Waals surface area contributed by atoms with Crippen LogP contribution in [0.1, 0.15) is 22.7 Å². The second-order valence-electron chi connectivity index (χ2n) is 6.48. The van der Waals surface area contributed by atoms with Gasteiger partial charge >= 0.3 is 0 Å². The number of benzene rings is 2. The highest BCUT2D eigenvalue weighted by Gasteiger charge is 2.28. The number of halogens is 1. The van der Waals surface area contributed by atoms with E-state index in [-0.39, 0.29) is 0 Å². The van der Waals surface area contributed by atoms with Crippen LogP contribution in [0.4, 0.5) is 5.69 Å². The number of aldehydes is 1. The maximum Gasteiger partial charge on any atom is 0.147 e. The first-order chi connectivity index (χ1) is 13.7. The number of hydrogen-bond donors (Lipinski definition) is 0. The predicted molar refractivity (Wildman–Crippen MR) is 113 cm³/mol. The molecule has 0 bridgehead atoms. The Hall–Kier alpha value is -3.24. The smallest absolute Gasteiger partial charge is 0.147 e. The number of rotatable bonds is 5. The van der Waals surface area contributed by atoms with Crippen molar-refractivity contribution in [3.05, 3.63) is 101 Å². The van der Waals surface area contributed by atoms with E-state index in [1.54, 1.807) is 12.4 Å². The van der Waals surface area contributed by atoms with Crippen LogP contribution >= 0.6 is 11.6 Å². The minimum absolute atomic E-state index is 0.405. The Morgan fingerprint density at radius 2 is 1.82 bits per heavy atom. The lowest BCUT2D eigenvalue weighted by Gasteiger charge is -2.34. The van der Waals surface area contributed by atoms with Gasteiger partial charge in [-0.2, -0.15) is 0 Å².